The molecule has 7 rings (SSSR count). The van der Waals surface area contributed by atoms with Crippen molar-refractivity contribution in [1.29, 1.82) is 0 Å². The van der Waals surface area contributed by atoms with E-state index in [9.17, 15) is 19.5 Å². The van der Waals surface area contributed by atoms with Crippen LogP contribution >= 0.6 is 11.6 Å². The fourth-order valence-corrected chi connectivity index (χ4v) is 7.85. The average Bonchev–Trinajstić information content (AvgIpc) is 3.40. The van der Waals surface area contributed by atoms with Crippen LogP contribution in [0.1, 0.15) is 12.5 Å². The third kappa shape index (κ3) is 5.23. The molecule has 3 aromatic carbocycles. The summed E-state index contributed by atoms with van der Waals surface area (Å²) in [5, 5.41) is 11.2. The molecule has 3 amide bonds. The van der Waals surface area contributed by atoms with Gasteiger partial charge < -0.3 is 29.3 Å². The minimum absolute atomic E-state index is 0.193. The molecule has 47 heavy (non-hydrogen) atoms. The lowest BCUT2D eigenvalue weighted by molar-refractivity contribution is -0.144. The maximum atomic E-state index is 14.9. The largest absolute Gasteiger partial charge is 0.494 e. The number of benzene rings is 3. The van der Waals surface area contributed by atoms with Crippen LogP contribution in [-0.4, -0.2) is 77.8 Å². The zero-order valence-corrected chi connectivity index (χ0v) is 26.7. The van der Waals surface area contributed by atoms with Crippen LogP contribution in [0.5, 0.6) is 5.75 Å². The molecule has 10 heteroatoms. The van der Waals surface area contributed by atoms with Crippen molar-refractivity contribution in [1.82, 2.24) is 4.90 Å². The SMILES string of the molecule is CCOc1ccc(N2CC=C[C@H]3O[C@]45C=CCN(c6ccccc6Cl)C(=O)C4N([C@@H](CO)Cc4ccccc4)C(=O)[C@@H]5[C@H]3C2=O)cc1. The minimum atomic E-state index is -1.45. The molecule has 1 unspecified atom stereocenters. The first-order chi connectivity index (χ1) is 22.9. The third-order valence-electron chi connectivity index (χ3n) is 9.62. The Hall–Kier alpha value is -4.44. The summed E-state index contributed by atoms with van der Waals surface area (Å²) in [6.07, 6.45) is 6.90. The molecular formula is C37H36ClN3O6. The molecule has 0 radical (unpaired) electrons. The van der Waals surface area contributed by atoms with Crippen LogP contribution in [-0.2, 0) is 25.5 Å². The van der Waals surface area contributed by atoms with Crippen molar-refractivity contribution in [2.24, 2.45) is 11.8 Å². The number of fused-ring (bicyclic) bond motifs is 2. The van der Waals surface area contributed by atoms with Gasteiger partial charge in [-0.15, -0.1) is 0 Å². The number of rotatable bonds is 8. The Kier molecular flexibility index (Phi) is 8.38. The number of hydrogen-bond donors (Lipinski definition) is 1. The van der Waals surface area contributed by atoms with Crippen LogP contribution in [0.3, 0.4) is 0 Å². The van der Waals surface area contributed by atoms with E-state index in [0.717, 1.165) is 5.56 Å². The second kappa shape index (κ2) is 12.6. The van der Waals surface area contributed by atoms with Crippen molar-refractivity contribution in [3.8, 4) is 5.75 Å². The Balaban J connectivity index is 1.32. The molecule has 0 aromatic heterocycles. The summed E-state index contributed by atoms with van der Waals surface area (Å²) in [6, 6.07) is 22.0. The first-order valence-corrected chi connectivity index (χ1v) is 16.3. The Morgan fingerprint density at radius 3 is 2.36 bits per heavy atom. The molecule has 2 fully saturated rings. The van der Waals surface area contributed by atoms with Gasteiger partial charge in [-0.2, -0.15) is 0 Å². The summed E-state index contributed by atoms with van der Waals surface area (Å²) >= 11 is 6.59. The summed E-state index contributed by atoms with van der Waals surface area (Å²) in [6.45, 7) is 2.53. The highest BCUT2D eigenvalue weighted by atomic mass is 35.5. The van der Waals surface area contributed by atoms with Gasteiger partial charge in [0.05, 0.1) is 47.9 Å². The van der Waals surface area contributed by atoms with E-state index in [1.54, 1.807) is 40.1 Å². The van der Waals surface area contributed by atoms with E-state index < -0.39 is 41.5 Å². The number of amides is 3. The molecule has 4 aliphatic rings. The Labute approximate surface area is 278 Å². The second-order valence-corrected chi connectivity index (χ2v) is 12.6. The van der Waals surface area contributed by atoms with Gasteiger partial charge in [0.15, 0.2) is 0 Å². The lowest BCUT2D eigenvalue weighted by Gasteiger charge is -2.38. The summed E-state index contributed by atoms with van der Waals surface area (Å²) < 4.78 is 12.4. The van der Waals surface area contributed by atoms with Gasteiger partial charge in [-0.05, 0) is 55.3 Å². The zero-order chi connectivity index (χ0) is 32.7. The number of para-hydroxylation sites is 1. The summed E-state index contributed by atoms with van der Waals surface area (Å²) in [5.41, 5.74) is 0.619. The Morgan fingerprint density at radius 2 is 1.64 bits per heavy atom. The van der Waals surface area contributed by atoms with E-state index in [-0.39, 0.29) is 25.0 Å². The molecule has 1 spiro atoms. The third-order valence-corrected chi connectivity index (χ3v) is 9.94. The lowest BCUT2D eigenvalue weighted by Crippen LogP contribution is -2.58. The molecule has 0 saturated carbocycles. The predicted octanol–water partition coefficient (Wildman–Crippen LogP) is 4.43. The van der Waals surface area contributed by atoms with Crippen LogP contribution in [0.25, 0.3) is 0 Å². The Morgan fingerprint density at radius 1 is 0.915 bits per heavy atom. The fraction of sp³-hybridized carbons (Fsp3) is 0.324. The number of halogens is 1. The van der Waals surface area contributed by atoms with Gasteiger partial charge >= 0.3 is 0 Å². The van der Waals surface area contributed by atoms with Crippen molar-refractivity contribution in [3.63, 3.8) is 0 Å². The van der Waals surface area contributed by atoms with Crippen molar-refractivity contribution < 1.29 is 29.0 Å². The number of ether oxygens (including phenoxy) is 2. The first-order valence-electron chi connectivity index (χ1n) is 16.0. The maximum Gasteiger partial charge on any atom is 0.253 e. The van der Waals surface area contributed by atoms with Crippen LogP contribution in [0.4, 0.5) is 11.4 Å². The molecule has 2 saturated heterocycles. The smallest absolute Gasteiger partial charge is 0.253 e. The molecular weight excluding hydrogens is 618 g/mol. The molecule has 6 atom stereocenters. The lowest BCUT2D eigenvalue weighted by atomic mass is 9.77. The molecule has 242 valence electrons. The number of carbonyl (C=O) groups excluding carboxylic acids is 3. The first kappa shape index (κ1) is 31.2. The molecule has 9 nitrogen and oxygen atoms in total. The molecule has 1 N–H and O–H groups in total. The topological polar surface area (TPSA) is 99.6 Å². The number of nitrogens with zero attached hydrogens (tertiary/aromatic N) is 3. The number of aliphatic hydroxyl groups excluding tert-OH is 1. The van der Waals surface area contributed by atoms with Gasteiger partial charge in [-0.3, -0.25) is 14.4 Å². The Bertz CT molecular complexity index is 1730. The number of aliphatic hydroxyl groups is 1. The number of hydrogen-bond acceptors (Lipinski definition) is 6. The van der Waals surface area contributed by atoms with E-state index >= 15 is 0 Å². The van der Waals surface area contributed by atoms with Crippen molar-refractivity contribution >= 4 is 40.7 Å². The second-order valence-electron chi connectivity index (χ2n) is 12.2. The van der Waals surface area contributed by atoms with Crippen LogP contribution < -0.4 is 14.5 Å². The quantitative estimate of drug-likeness (QED) is 0.361. The summed E-state index contributed by atoms with van der Waals surface area (Å²) in [5.74, 6) is -2.27. The van der Waals surface area contributed by atoms with Crippen LogP contribution in [0.15, 0.2) is 103 Å². The fourth-order valence-electron chi connectivity index (χ4n) is 7.61. The molecule has 4 heterocycles. The number of carbonyl (C=O) groups is 3. The number of anilines is 2. The van der Waals surface area contributed by atoms with Crippen molar-refractivity contribution in [3.05, 3.63) is 114 Å². The average molecular weight is 654 g/mol. The molecule has 0 aliphatic carbocycles. The molecule has 0 bridgehead atoms. The van der Waals surface area contributed by atoms with Gasteiger partial charge in [0, 0.05) is 18.8 Å². The van der Waals surface area contributed by atoms with Crippen LogP contribution in [0.2, 0.25) is 5.02 Å². The highest BCUT2D eigenvalue weighted by Crippen LogP contribution is 2.54. The van der Waals surface area contributed by atoms with Gasteiger partial charge in [0.2, 0.25) is 11.8 Å². The monoisotopic (exact) mass is 653 g/mol. The van der Waals surface area contributed by atoms with E-state index in [0.29, 0.717) is 41.7 Å². The standard InChI is InChI=1S/C37H36ClN3O6/c1-2-46-27-17-15-25(16-18-27)39-20-8-14-30-31(34(39)43)32-35(44)41(26(23-42)22-24-10-4-3-5-11-24)33-36(45)40(21-9-19-37(32,33)47-30)29-13-7-6-12-28(29)38/h3-19,26,30-33,42H,2,20-23H2,1H3/t26-,30-,31+,32+,33?,37+/m1/s1. The highest BCUT2D eigenvalue weighted by Gasteiger charge is 2.72. The predicted molar refractivity (Wildman–Crippen MR) is 178 cm³/mol. The zero-order valence-electron chi connectivity index (χ0n) is 25.9. The number of likely N-dealkylation sites (tertiary alicyclic amines) is 1. The van der Waals surface area contributed by atoms with Crippen molar-refractivity contribution in [2.75, 3.05) is 36.1 Å². The summed E-state index contributed by atoms with van der Waals surface area (Å²) in [4.78, 5) is 48.9. The normalized spacial score (nSPS) is 27.3. The van der Waals surface area contributed by atoms with Gasteiger partial charge in [-0.1, -0.05) is 78.4 Å². The van der Waals surface area contributed by atoms with Crippen LogP contribution in [0, 0.1) is 11.8 Å². The maximum absolute atomic E-state index is 14.9. The van der Waals surface area contributed by atoms with Gasteiger partial charge in [0.1, 0.15) is 17.4 Å². The van der Waals surface area contributed by atoms with E-state index in [4.69, 9.17) is 21.1 Å². The van der Waals surface area contributed by atoms with E-state index in [2.05, 4.69) is 0 Å². The van der Waals surface area contributed by atoms with E-state index in [1.165, 1.54) is 4.90 Å². The van der Waals surface area contributed by atoms with Crippen molar-refractivity contribution in [2.45, 2.75) is 37.1 Å². The summed E-state index contributed by atoms with van der Waals surface area (Å²) in [7, 11) is 0. The minimum Gasteiger partial charge on any atom is -0.494 e. The molecule has 4 aliphatic heterocycles. The molecule has 3 aromatic rings. The highest BCUT2D eigenvalue weighted by molar-refractivity contribution is 6.34. The van der Waals surface area contributed by atoms with Gasteiger partial charge in [0.25, 0.3) is 5.91 Å². The van der Waals surface area contributed by atoms with Gasteiger partial charge in [-0.25, -0.2) is 0 Å². The van der Waals surface area contributed by atoms with E-state index in [1.807, 2.05) is 79.7 Å².